The average Bonchev–Trinajstić information content (AvgIpc) is 2.87. The predicted molar refractivity (Wildman–Crippen MR) is 93.9 cm³/mol. The molecule has 1 aliphatic rings. The Morgan fingerprint density at radius 1 is 1.00 bits per heavy atom. The Balaban J connectivity index is 2.21. The first kappa shape index (κ1) is 19.2. The molecule has 1 N–H and O–H groups in total. The Morgan fingerprint density at radius 2 is 1.68 bits per heavy atom. The summed E-state index contributed by atoms with van der Waals surface area (Å²) in [5, 5.41) is 8.75. The van der Waals surface area contributed by atoms with E-state index in [4.69, 9.17) is 5.11 Å². The molecule has 1 atom stereocenters. The quantitative estimate of drug-likeness (QED) is 0.367. The third-order valence-electron chi connectivity index (χ3n) is 4.51. The zero-order valence-electron chi connectivity index (χ0n) is 14.4. The molecule has 0 aromatic heterocycles. The molecule has 0 saturated carbocycles. The van der Waals surface area contributed by atoms with Crippen molar-refractivity contribution in [3.63, 3.8) is 0 Å². The van der Waals surface area contributed by atoms with Crippen LogP contribution < -0.4 is 0 Å². The number of rotatable bonds is 13. The molecule has 0 aromatic carbocycles. The number of aliphatic hydroxyl groups excluding tert-OH is 1. The molecule has 0 bridgehead atoms. The summed E-state index contributed by atoms with van der Waals surface area (Å²) >= 11 is 0. The number of allylic oxidation sites excluding steroid dienone is 4. The minimum Gasteiger partial charge on any atom is -0.396 e. The van der Waals surface area contributed by atoms with Crippen LogP contribution in [0.5, 0.6) is 0 Å². The van der Waals surface area contributed by atoms with E-state index in [9.17, 15) is 4.79 Å². The third-order valence-corrected chi connectivity index (χ3v) is 4.51. The Morgan fingerprint density at radius 3 is 2.45 bits per heavy atom. The smallest absolute Gasteiger partial charge is 0.181 e. The first-order chi connectivity index (χ1) is 10.8. The zero-order chi connectivity index (χ0) is 16.0. The molecular weight excluding hydrogens is 272 g/mol. The molecule has 0 fully saturated rings. The second kappa shape index (κ2) is 12.6. The summed E-state index contributed by atoms with van der Waals surface area (Å²) < 4.78 is 0. The minimum atomic E-state index is 0.228. The molecule has 22 heavy (non-hydrogen) atoms. The Labute approximate surface area is 136 Å². The van der Waals surface area contributed by atoms with E-state index in [-0.39, 0.29) is 5.78 Å². The molecule has 2 heteroatoms. The molecule has 1 unspecified atom stereocenters. The highest BCUT2D eigenvalue weighted by Crippen LogP contribution is 2.27. The highest BCUT2D eigenvalue weighted by atomic mass is 16.2. The molecule has 0 heterocycles. The van der Waals surface area contributed by atoms with Crippen molar-refractivity contribution < 1.29 is 9.90 Å². The maximum absolute atomic E-state index is 11.9. The largest absolute Gasteiger partial charge is 0.396 e. The standard InChI is InChI=1S/C20H34O2/c1-2-3-4-5-7-10-13-18-15-16-20(22)19(18)14-11-8-6-9-12-17-21/h14-16,18,21H,2-13,17H2,1H3. The second-order valence-corrected chi connectivity index (χ2v) is 6.47. The van der Waals surface area contributed by atoms with Gasteiger partial charge in [0.1, 0.15) is 0 Å². The van der Waals surface area contributed by atoms with Gasteiger partial charge in [0.25, 0.3) is 0 Å². The minimum absolute atomic E-state index is 0.228. The van der Waals surface area contributed by atoms with Crippen LogP contribution in [0.2, 0.25) is 0 Å². The van der Waals surface area contributed by atoms with E-state index in [1.165, 1.54) is 38.5 Å². The summed E-state index contributed by atoms with van der Waals surface area (Å²) in [6, 6.07) is 0. The summed E-state index contributed by atoms with van der Waals surface area (Å²) in [7, 11) is 0. The zero-order valence-corrected chi connectivity index (χ0v) is 14.4. The van der Waals surface area contributed by atoms with Gasteiger partial charge in [-0.25, -0.2) is 0 Å². The number of carbonyl (C=O) groups is 1. The van der Waals surface area contributed by atoms with Crippen LogP contribution in [0.15, 0.2) is 23.8 Å². The number of carbonyl (C=O) groups excluding carboxylic acids is 1. The van der Waals surface area contributed by atoms with Crippen LogP contribution in [0.3, 0.4) is 0 Å². The molecule has 0 saturated heterocycles. The van der Waals surface area contributed by atoms with E-state index in [0.717, 1.165) is 44.1 Å². The number of unbranched alkanes of at least 4 members (excludes halogenated alkanes) is 9. The van der Waals surface area contributed by atoms with Gasteiger partial charge in [0.05, 0.1) is 0 Å². The molecule has 1 rings (SSSR count). The first-order valence-corrected chi connectivity index (χ1v) is 9.33. The molecule has 0 aliphatic heterocycles. The molecule has 126 valence electrons. The number of hydrogen-bond donors (Lipinski definition) is 1. The SMILES string of the molecule is CCCCCCCCC1C=CC(=O)C1=CCCCCCCO. The van der Waals surface area contributed by atoms with Gasteiger partial charge in [-0.1, -0.05) is 70.4 Å². The maximum Gasteiger partial charge on any atom is 0.181 e. The van der Waals surface area contributed by atoms with E-state index >= 15 is 0 Å². The summed E-state index contributed by atoms with van der Waals surface area (Å²) in [6.45, 7) is 2.54. The fraction of sp³-hybridized carbons (Fsp3) is 0.750. The van der Waals surface area contributed by atoms with Gasteiger partial charge in [-0.3, -0.25) is 4.79 Å². The number of hydrogen-bond acceptors (Lipinski definition) is 2. The molecule has 0 spiro atoms. The lowest BCUT2D eigenvalue weighted by Gasteiger charge is -2.10. The highest BCUT2D eigenvalue weighted by molar-refractivity contribution is 6.07. The van der Waals surface area contributed by atoms with Gasteiger partial charge < -0.3 is 5.11 Å². The van der Waals surface area contributed by atoms with E-state index in [0.29, 0.717) is 12.5 Å². The molecule has 1 aliphatic carbocycles. The van der Waals surface area contributed by atoms with Crippen molar-refractivity contribution in [2.45, 2.75) is 84.0 Å². The van der Waals surface area contributed by atoms with Crippen LogP contribution >= 0.6 is 0 Å². The van der Waals surface area contributed by atoms with E-state index in [2.05, 4.69) is 19.1 Å². The van der Waals surface area contributed by atoms with Crippen LogP contribution in [-0.4, -0.2) is 17.5 Å². The van der Waals surface area contributed by atoms with Crippen molar-refractivity contribution in [2.75, 3.05) is 6.61 Å². The van der Waals surface area contributed by atoms with E-state index in [1.54, 1.807) is 6.08 Å². The fourth-order valence-electron chi connectivity index (χ4n) is 3.10. The highest BCUT2D eigenvalue weighted by Gasteiger charge is 2.21. The van der Waals surface area contributed by atoms with Crippen LogP contribution in [0.1, 0.15) is 84.0 Å². The van der Waals surface area contributed by atoms with Crippen molar-refractivity contribution in [2.24, 2.45) is 5.92 Å². The summed E-state index contributed by atoms with van der Waals surface area (Å²) in [6.07, 6.45) is 20.3. The Bertz CT molecular complexity index is 355. The van der Waals surface area contributed by atoms with E-state index in [1.807, 2.05) is 0 Å². The van der Waals surface area contributed by atoms with Gasteiger partial charge in [0.2, 0.25) is 0 Å². The fourth-order valence-corrected chi connectivity index (χ4v) is 3.10. The van der Waals surface area contributed by atoms with Gasteiger partial charge in [-0.05, 0) is 31.8 Å². The van der Waals surface area contributed by atoms with E-state index < -0.39 is 0 Å². The van der Waals surface area contributed by atoms with Gasteiger partial charge in [0, 0.05) is 18.1 Å². The summed E-state index contributed by atoms with van der Waals surface area (Å²) in [5.74, 6) is 0.599. The van der Waals surface area contributed by atoms with Crippen LogP contribution in [0.4, 0.5) is 0 Å². The Hall–Kier alpha value is -0.890. The molecule has 0 amide bonds. The lowest BCUT2D eigenvalue weighted by Crippen LogP contribution is -2.03. The first-order valence-electron chi connectivity index (χ1n) is 9.33. The van der Waals surface area contributed by atoms with Crippen molar-refractivity contribution in [3.05, 3.63) is 23.8 Å². The lowest BCUT2D eigenvalue weighted by molar-refractivity contribution is -0.111. The van der Waals surface area contributed by atoms with Crippen LogP contribution in [0, 0.1) is 5.92 Å². The van der Waals surface area contributed by atoms with Crippen molar-refractivity contribution in [1.82, 2.24) is 0 Å². The van der Waals surface area contributed by atoms with Gasteiger partial charge in [-0.15, -0.1) is 0 Å². The lowest BCUT2D eigenvalue weighted by atomic mass is 9.94. The molecular formula is C20H34O2. The van der Waals surface area contributed by atoms with Crippen molar-refractivity contribution >= 4 is 5.78 Å². The number of aliphatic hydroxyl groups is 1. The van der Waals surface area contributed by atoms with Crippen LogP contribution in [0.25, 0.3) is 0 Å². The topological polar surface area (TPSA) is 37.3 Å². The van der Waals surface area contributed by atoms with Crippen molar-refractivity contribution in [3.8, 4) is 0 Å². The van der Waals surface area contributed by atoms with Gasteiger partial charge in [0.15, 0.2) is 5.78 Å². The van der Waals surface area contributed by atoms with Crippen LogP contribution in [-0.2, 0) is 4.79 Å². The molecule has 0 radical (unpaired) electrons. The molecule has 0 aromatic rings. The normalized spacial score (nSPS) is 19.5. The third kappa shape index (κ3) is 7.93. The summed E-state index contributed by atoms with van der Waals surface area (Å²) in [5.41, 5.74) is 1.04. The van der Waals surface area contributed by atoms with Crippen molar-refractivity contribution in [1.29, 1.82) is 0 Å². The predicted octanol–water partition coefficient (Wildman–Crippen LogP) is 5.36. The molecule has 2 nitrogen and oxygen atoms in total. The summed E-state index contributed by atoms with van der Waals surface area (Å²) in [4.78, 5) is 11.9. The Kier molecular flexibility index (Phi) is 11.0. The monoisotopic (exact) mass is 306 g/mol. The van der Waals surface area contributed by atoms with Gasteiger partial charge >= 0.3 is 0 Å². The second-order valence-electron chi connectivity index (χ2n) is 6.47. The average molecular weight is 306 g/mol. The van der Waals surface area contributed by atoms with Gasteiger partial charge in [-0.2, -0.15) is 0 Å². The number of ketones is 1. The maximum atomic E-state index is 11.9.